The van der Waals surface area contributed by atoms with Gasteiger partial charge in [-0.1, -0.05) is 30.3 Å². The number of benzene rings is 2. The SMILES string of the molecule is CC1C(=O)N(Cc2ccc(C(N)=O)cc2)C(=O)N1c1ccccc1. The maximum atomic E-state index is 12.7. The molecule has 2 aromatic rings. The number of hydrogen-bond acceptors (Lipinski definition) is 3. The molecule has 4 amide bonds. The lowest BCUT2D eigenvalue weighted by Crippen LogP contribution is -2.33. The van der Waals surface area contributed by atoms with Crippen molar-refractivity contribution in [2.45, 2.75) is 19.5 Å². The molecule has 1 fully saturated rings. The van der Waals surface area contributed by atoms with Crippen molar-refractivity contribution in [1.82, 2.24) is 4.90 Å². The van der Waals surface area contributed by atoms with E-state index in [4.69, 9.17) is 5.73 Å². The molecule has 0 bridgehead atoms. The summed E-state index contributed by atoms with van der Waals surface area (Å²) in [4.78, 5) is 38.9. The molecule has 6 nitrogen and oxygen atoms in total. The Kier molecular flexibility index (Phi) is 4.04. The molecular formula is C18H17N3O3. The van der Waals surface area contributed by atoms with Gasteiger partial charge in [0.1, 0.15) is 6.04 Å². The number of para-hydroxylation sites is 1. The topological polar surface area (TPSA) is 83.7 Å². The van der Waals surface area contributed by atoms with E-state index < -0.39 is 11.9 Å². The lowest BCUT2D eigenvalue weighted by atomic mass is 10.1. The van der Waals surface area contributed by atoms with E-state index in [2.05, 4.69) is 0 Å². The summed E-state index contributed by atoms with van der Waals surface area (Å²) in [5.41, 5.74) is 7.04. The molecule has 122 valence electrons. The van der Waals surface area contributed by atoms with Crippen molar-refractivity contribution in [2.24, 2.45) is 5.73 Å². The van der Waals surface area contributed by atoms with E-state index >= 15 is 0 Å². The van der Waals surface area contributed by atoms with Crippen LogP contribution in [0.1, 0.15) is 22.8 Å². The number of urea groups is 1. The molecule has 1 saturated heterocycles. The minimum atomic E-state index is -0.551. The monoisotopic (exact) mass is 323 g/mol. The Morgan fingerprint density at radius 1 is 1.04 bits per heavy atom. The van der Waals surface area contributed by atoms with Gasteiger partial charge in [0.15, 0.2) is 0 Å². The van der Waals surface area contributed by atoms with Gasteiger partial charge in [0.25, 0.3) is 5.91 Å². The quantitative estimate of drug-likeness (QED) is 0.875. The predicted molar refractivity (Wildman–Crippen MR) is 89.3 cm³/mol. The van der Waals surface area contributed by atoms with Crippen LogP contribution in [0.2, 0.25) is 0 Å². The molecule has 3 rings (SSSR count). The number of nitrogens with zero attached hydrogens (tertiary/aromatic N) is 2. The Labute approximate surface area is 139 Å². The van der Waals surface area contributed by atoms with Crippen LogP contribution < -0.4 is 10.6 Å². The van der Waals surface area contributed by atoms with Crippen molar-refractivity contribution in [3.63, 3.8) is 0 Å². The zero-order valence-electron chi connectivity index (χ0n) is 13.2. The fourth-order valence-corrected chi connectivity index (χ4v) is 2.75. The van der Waals surface area contributed by atoms with Crippen molar-refractivity contribution in [1.29, 1.82) is 0 Å². The average molecular weight is 323 g/mol. The third-order valence-corrected chi connectivity index (χ3v) is 4.06. The Hall–Kier alpha value is -3.15. The van der Waals surface area contributed by atoms with Crippen molar-refractivity contribution in [2.75, 3.05) is 4.90 Å². The summed E-state index contributed by atoms with van der Waals surface area (Å²) in [5, 5.41) is 0. The fourth-order valence-electron chi connectivity index (χ4n) is 2.75. The molecule has 24 heavy (non-hydrogen) atoms. The highest BCUT2D eigenvalue weighted by molar-refractivity contribution is 6.13. The zero-order valence-corrected chi connectivity index (χ0v) is 13.2. The Balaban J connectivity index is 1.82. The molecular weight excluding hydrogens is 306 g/mol. The highest BCUT2D eigenvalue weighted by atomic mass is 16.2. The van der Waals surface area contributed by atoms with Crippen molar-refractivity contribution in [3.05, 3.63) is 65.7 Å². The molecule has 0 saturated carbocycles. The number of carbonyl (C=O) groups excluding carboxylic acids is 3. The third-order valence-electron chi connectivity index (χ3n) is 4.06. The molecule has 0 radical (unpaired) electrons. The van der Waals surface area contributed by atoms with Crippen LogP contribution in [0.5, 0.6) is 0 Å². The van der Waals surface area contributed by atoms with Crippen LogP contribution in [-0.2, 0) is 11.3 Å². The van der Waals surface area contributed by atoms with Crippen LogP contribution in [0.3, 0.4) is 0 Å². The predicted octanol–water partition coefficient (Wildman–Crippen LogP) is 2.14. The number of amides is 4. The van der Waals surface area contributed by atoms with Crippen LogP contribution in [0.25, 0.3) is 0 Å². The van der Waals surface area contributed by atoms with E-state index in [1.807, 2.05) is 18.2 Å². The molecule has 1 atom stereocenters. The molecule has 2 N–H and O–H groups in total. The van der Waals surface area contributed by atoms with E-state index in [0.29, 0.717) is 11.3 Å². The maximum Gasteiger partial charge on any atom is 0.332 e. The molecule has 6 heteroatoms. The van der Waals surface area contributed by atoms with Crippen LogP contribution in [0.15, 0.2) is 54.6 Å². The molecule has 1 heterocycles. The average Bonchev–Trinajstić information content (AvgIpc) is 2.80. The molecule has 1 unspecified atom stereocenters. The first-order valence-corrected chi connectivity index (χ1v) is 7.57. The second kappa shape index (κ2) is 6.16. The molecule has 1 aliphatic heterocycles. The normalized spacial score (nSPS) is 17.5. The first kappa shape index (κ1) is 15.7. The smallest absolute Gasteiger partial charge is 0.332 e. The van der Waals surface area contributed by atoms with Gasteiger partial charge in [-0.3, -0.25) is 19.4 Å². The Bertz CT molecular complexity index is 787. The second-order valence-electron chi connectivity index (χ2n) is 5.65. The zero-order chi connectivity index (χ0) is 17.3. The number of hydrogen-bond donors (Lipinski definition) is 1. The minimum Gasteiger partial charge on any atom is -0.366 e. The van der Waals surface area contributed by atoms with E-state index in [-0.39, 0.29) is 18.5 Å². The molecule has 1 aliphatic rings. The highest BCUT2D eigenvalue weighted by Gasteiger charge is 2.43. The summed E-state index contributed by atoms with van der Waals surface area (Å²) in [6, 6.07) is 14.8. The Morgan fingerprint density at radius 3 is 2.25 bits per heavy atom. The largest absolute Gasteiger partial charge is 0.366 e. The number of primary amides is 1. The lowest BCUT2D eigenvalue weighted by molar-refractivity contribution is -0.127. The minimum absolute atomic E-state index is 0.157. The van der Waals surface area contributed by atoms with Crippen LogP contribution >= 0.6 is 0 Å². The van der Waals surface area contributed by atoms with Gasteiger partial charge in [0.2, 0.25) is 5.91 Å². The summed E-state index contributed by atoms with van der Waals surface area (Å²) in [7, 11) is 0. The number of anilines is 1. The molecule has 0 aliphatic carbocycles. The first-order valence-electron chi connectivity index (χ1n) is 7.57. The summed E-state index contributed by atoms with van der Waals surface area (Å²) >= 11 is 0. The van der Waals surface area contributed by atoms with Crippen LogP contribution in [0.4, 0.5) is 10.5 Å². The van der Waals surface area contributed by atoms with E-state index in [1.54, 1.807) is 43.3 Å². The van der Waals surface area contributed by atoms with Gasteiger partial charge in [0, 0.05) is 11.3 Å². The highest BCUT2D eigenvalue weighted by Crippen LogP contribution is 2.26. The molecule has 0 aromatic heterocycles. The number of rotatable bonds is 4. The van der Waals surface area contributed by atoms with Gasteiger partial charge in [-0.15, -0.1) is 0 Å². The van der Waals surface area contributed by atoms with E-state index in [1.165, 1.54) is 9.80 Å². The lowest BCUT2D eigenvalue weighted by Gasteiger charge is -2.19. The second-order valence-corrected chi connectivity index (χ2v) is 5.65. The van der Waals surface area contributed by atoms with Crippen LogP contribution in [-0.4, -0.2) is 28.8 Å². The summed E-state index contributed by atoms with van der Waals surface area (Å²) in [5.74, 6) is -0.762. The van der Waals surface area contributed by atoms with E-state index in [0.717, 1.165) is 5.56 Å². The standard InChI is InChI=1S/C18H17N3O3/c1-12-17(23)20(11-13-7-9-14(10-8-13)16(19)22)18(24)21(12)15-5-3-2-4-6-15/h2-10,12H,11H2,1H3,(H2,19,22). The van der Waals surface area contributed by atoms with Gasteiger partial charge < -0.3 is 5.73 Å². The van der Waals surface area contributed by atoms with Gasteiger partial charge in [-0.2, -0.15) is 0 Å². The number of carbonyl (C=O) groups is 3. The van der Waals surface area contributed by atoms with Crippen molar-refractivity contribution >= 4 is 23.5 Å². The maximum absolute atomic E-state index is 12.7. The third kappa shape index (κ3) is 2.74. The van der Waals surface area contributed by atoms with Crippen LogP contribution in [0, 0.1) is 0 Å². The van der Waals surface area contributed by atoms with E-state index in [9.17, 15) is 14.4 Å². The fraction of sp³-hybridized carbons (Fsp3) is 0.167. The summed E-state index contributed by atoms with van der Waals surface area (Å²) in [6.07, 6.45) is 0. The molecule has 0 spiro atoms. The van der Waals surface area contributed by atoms with Gasteiger partial charge in [-0.05, 0) is 36.8 Å². The first-order chi connectivity index (χ1) is 11.5. The number of imide groups is 1. The van der Waals surface area contributed by atoms with Gasteiger partial charge >= 0.3 is 6.03 Å². The molecule has 2 aromatic carbocycles. The summed E-state index contributed by atoms with van der Waals surface area (Å²) in [6.45, 7) is 1.87. The van der Waals surface area contributed by atoms with Gasteiger partial charge in [-0.25, -0.2) is 4.79 Å². The van der Waals surface area contributed by atoms with Gasteiger partial charge in [0.05, 0.1) is 6.54 Å². The van der Waals surface area contributed by atoms with Crippen molar-refractivity contribution in [3.8, 4) is 0 Å². The summed E-state index contributed by atoms with van der Waals surface area (Å²) < 4.78 is 0. The number of nitrogens with two attached hydrogens (primary N) is 1. The van der Waals surface area contributed by atoms with Crippen molar-refractivity contribution < 1.29 is 14.4 Å². The Morgan fingerprint density at radius 2 is 1.67 bits per heavy atom.